The number of hydrogen-bond acceptors (Lipinski definition) is 3. The van der Waals surface area contributed by atoms with E-state index in [0.29, 0.717) is 5.69 Å². The third-order valence-corrected chi connectivity index (χ3v) is 4.81. The van der Waals surface area contributed by atoms with Crippen LogP contribution in [0.3, 0.4) is 0 Å². The summed E-state index contributed by atoms with van der Waals surface area (Å²) in [7, 11) is -1.33. The minimum Gasteiger partial charge on any atom is -0.478 e. The Morgan fingerprint density at radius 2 is 2.00 bits per heavy atom. The number of nitrogens with zero attached hydrogens (tertiary/aromatic N) is 1. The second kappa shape index (κ2) is 4.70. The lowest BCUT2D eigenvalue weighted by atomic mass is 10.1. The SMILES string of the molecule is CCS(=O)(=O)Cc1cc2cc(C(=O)O)ccc2n1C. The molecular formula is C13H15NO4S. The van der Waals surface area contributed by atoms with Gasteiger partial charge in [-0.3, -0.25) is 0 Å². The Balaban J connectivity index is 2.53. The molecule has 0 saturated carbocycles. The quantitative estimate of drug-likeness (QED) is 0.927. The molecule has 2 aromatic rings. The topological polar surface area (TPSA) is 76.4 Å². The van der Waals surface area contributed by atoms with Crippen molar-refractivity contribution in [2.24, 2.45) is 7.05 Å². The Hall–Kier alpha value is -1.82. The van der Waals surface area contributed by atoms with Gasteiger partial charge in [-0.25, -0.2) is 13.2 Å². The number of aromatic nitrogens is 1. The molecule has 1 N–H and O–H groups in total. The molecule has 0 fully saturated rings. The van der Waals surface area contributed by atoms with Crippen molar-refractivity contribution in [2.75, 3.05) is 5.75 Å². The second-order valence-corrected chi connectivity index (χ2v) is 6.80. The zero-order valence-electron chi connectivity index (χ0n) is 10.8. The molecule has 0 spiro atoms. The van der Waals surface area contributed by atoms with Crippen molar-refractivity contribution in [3.63, 3.8) is 0 Å². The van der Waals surface area contributed by atoms with E-state index in [1.807, 2.05) is 0 Å². The Kier molecular flexibility index (Phi) is 3.36. The summed E-state index contributed by atoms with van der Waals surface area (Å²) in [4.78, 5) is 10.9. The highest BCUT2D eigenvalue weighted by Gasteiger charge is 2.14. The highest BCUT2D eigenvalue weighted by Crippen LogP contribution is 2.22. The van der Waals surface area contributed by atoms with Crippen LogP contribution < -0.4 is 0 Å². The van der Waals surface area contributed by atoms with Gasteiger partial charge in [0.05, 0.1) is 11.3 Å². The number of fused-ring (bicyclic) bond motifs is 1. The fourth-order valence-corrected chi connectivity index (χ4v) is 2.94. The second-order valence-electron chi connectivity index (χ2n) is 4.45. The Labute approximate surface area is 111 Å². The Morgan fingerprint density at radius 1 is 1.32 bits per heavy atom. The van der Waals surface area contributed by atoms with Gasteiger partial charge in [0, 0.05) is 29.4 Å². The number of carboxylic acids is 1. The molecular weight excluding hydrogens is 266 g/mol. The van der Waals surface area contributed by atoms with Crippen LogP contribution in [-0.2, 0) is 22.6 Å². The molecule has 0 aliphatic carbocycles. The molecule has 0 bridgehead atoms. The van der Waals surface area contributed by atoms with Crippen LogP contribution in [0, 0.1) is 0 Å². The Morgan fingerprint density at radius 3 is 2.58 bits per heavy atom. The molecule has 19 heavy (non-hydrogen) atoms. The molecule has 0 atom stereocenters. The monoisotopic (exact) mass is 281 g/mol. The number of hydrogen-bond donors (Lipinski definition) is 1. The van der Waals surface area contributed by atoms with Gasteiger partial charge in [0.15, 0.2) is 9.84 Å². The van der Waals surface area contributed by atoms with E-state index in [1.165, 1.54) is 6.07 Å². The van der Waals surface area contributed by atoms with Crippen LogP contribution in [0.5, 0.6) is 0 Å². The van der Waals surface area contributed by atoms with Crippen LogP contribution >= 0.6 is 0 Å². The molecule has 1 heterocycles. The first-order valence-corrected chi connectivity index (χ1v) is 7.68. The van der Waals surface area contributed by atoms with E-state index in [2.05, 4.69) is 0 Å². The minimum atomic E-state index is -3.11. The maximum absolute atomic E-state index is 11.7. The van der Waals surface area contributed by atoms with Gasteiger partial charge in [-0.2, -0.15) is 0 Å². The summed E-state index contributed by atoms with van der Waals surface area (Å²) in [6, 6.07) is 6.50. The normalized spacial score (nSPS) is 11.9. The molecule has 5 nitrogen and oxygen atoms in total. The first kappa shape index (κ1) is 13.6. The lowest BCUT2D eigenvalue weighted by molar-refractivity contribution is 0.0697. The molecule has 2 rings (SSSR count). The van der Waals surface area contributed by atoms with Gasteiger partial charge in [-0.15, -0.1) is 0 Å². The van der Waals surface area contributed by atoms with Crippen LogP contribution in [0.25, 0.3) is 10.9 Å². The highest BCUT2D eigenvalue weighted by molar-refractivity contribution is 7.90. The predicted octanol–water partition coefficient (Wildman–Crippen LogP) is 1.81. The summed E-state index contributed by atoms with van der Waals surface area (Å²) in [5.41, 5.74) is 1.69. The largest absolute Gasteiger partial charge is 0.478 e. The molecule has 0 amide bonds. The van der Waals surface area contributed by atoms with Crippen LogP contribution in [-0.4, -0.2) is 29.8 Å². The van der Waals surface area contributed by atoms with E-state index >= 15 is 0 Å². The summed E-state index contributed by atoms with van der Waals surface area (Å²) in [5, 5.41) is 9.68. The molecule has 0 aliphatic rings. The number of aromatic carboxylic acids is 1. The molecule has 102 valence electrons. The first-order chi connectivity index (χ1) is 8.84. The van der Waals surface area contributed by atoms with E-state index in [1.54, 1.807) is 36.7 Å². The van der Waals surface area contributed by atoms with Crippen molar-refractivity contribution >= 4 is 26.7 Å². The molecule has 1 aromatic carbocycles. The maximum Gasteiger partial charge on any atom is 0.335 e. The highest BCUT2D eigenvalue weighted by atomic mass is 32.2. The van der Waals surface area contributed by atoms with Crippen LogP contribution in [0.1, 0.15) is 23.0 Å². The fourth-order valence-electron chi connectivity index (χ4n) is 2.01. The average molecular weight is 281 g/mol. The van der Waals surface area contributed by atoms with Crippen molar-refractivity contribution in [1.29, 1.82) is 0 Å². The number of rotatable bonds is 4. The maximum atomic E-state index is 11.7. The van der Waals surface area contributed by atoms with Crippen molar-refractivity contribution in [2.45, 2.75) is 12.7 Å². The van der Waals surface area contributed by atoms with Crippen molar-refractivity contribution in [3.05, 3.63) is 35.5 Å². The molecule has 6 heteroatoms. The number of benzene rings is 1. The summed E-state index contributed by atoms with van der Waals surface area (Å²) < 4.78 is 25.1. The van der Waals surface area contributed by atoms with E-state index in [9.17, 15) is 13.2 Å². The zero-order valence-corrected chi connectivity index (χ0v) is 11.6. The van der Waals surface area contributed by atoms with Crippen molar-refractivity contribution in [3.8, 4) is 0 Å². The van der Waals surface area contributed by atoms with Gasteiger partial charge in [-0.1, -0.05) is 6.92 Å². The molecule has 1 aromatic heterocycles. The standard InChI is InChI=1S/C13H15NO4S/c1-3-19(17,18)8-11-7-10-6-9(13(15)16)4-5-12(10)14(11)2/h4-7H,3,8H2,1-2H3,(H,15,16). The van der Waals surface area contributed by atoms with Crippen molar-refractivity contribution in [1.82, 2.24) is 4.57 Å². The molecule has 0 aliphatic heterocycles. The van der Waals surface area contributed by atoms with Gasteiger partial charge in [-0.05, 0) is 24.3 Å². The summed E-state index contributed by atoms with van der Waals surface area (Å²) >= 11 is 0. The van der Waals surface area contributed by atoms with E-state index in [4.69, 9.17) is 5.11 Å². The number of sulfone groups is 1. The molecule has 0 unspecified atom stereocenters. The average Bonchev–Trinajstić information content (AvgIpc) is 2.65. The minimum absolute atomic E-state index is 0.0307. The van der Waals surface area contributed by atoms with E-state index < -0.39 is 15.8 Å². The number of carboxylic acid groups (broad SMARTS) is 1. The lowest BCUT2D eigenvalue weighted by Gasteiger charge is -2.04. The fraction of sp³-hybridized carbons (Fsp3) is 0.308. The van der Waals surface area contributed by atoms with Gasteiger partial charge in [0.25, 0.3) is 0 Å². The Bertz CT molecular complexity index is 743. The van der Waals surface area contributed by atoms with Crippen LogP contribution in [0.4, 0.5) is 0 Å². The summed E-state index contributed by atoms with van der Waals surface area (Å²) in [6.07, 6.45) is 0. The predicted molar refractivity (Wildman–Crippen MR) is 73.0 cm³/mol. The smallest absolute Gasteiger partial charge is 0.335 e. The number of carbonyl (C=O) groups is 1. The van der Waals surface area contributed by atoms with Gasteiger partial charge in [0.1, 0.15) is 0 Å². The number of aryl methyl sites for hydroxylation is 1. The third kappa shape index (κ3) is 2.63. The summed E-state index contributed by atoms with van der Waals surface area (Å²) in [6.45, 7) is 1.61. The van der Waals surface area contributed by atoms with Gasteiger partial charge in [0.2, 0.25) is 0 Å². The van der Waals surface area contributed by atoms with Crippen LogP contribution in [0.2, 0.25) is 0 Å². The van der Waals surface area contributed by atoms with Gasteiger partial charge < -0.3 is 9.67 Å². The lowest BCUT2D eigenvalue weighted by Crippen LogP contribution is -2.09. The third-order valence-electron chi connectivity index (χ3n) is 3.20. The van der Waals surface area contributed by atoms with Crippen molar-refractivity contribution < 1.29 is 18.3 Å². The van der Waals surface area contributed by atoms with Gasteiger partial charge >= 0.3 is 5.97 Å². The molecule has 0 radical (unpaired) electrons. The van der Waals surface area contributed by atoms with Crippen LogP contribution in [0.15, 0.2) is 24.3 Å². The first-order valence-electron chi connectivity index (χ1n) is 5.86. The molecule has 0 saturated heterocycles. The van der Waals surface area contributed by atoms with E-state index in [-0.39, 0.29) is 17.1 Å². The van der Waals surface area contributed by atoms with E-state index in [0.717, 1.165) is 10.9 Å². The summed E-state index contributed by atoms with van der Waals surface area (Å²) in [5.74, 6) is -0.931. The zero-order chi connectivity index (χ0) is 14.2.